The molecule has 0 amide bonds. The van der Waals surface area contributed by atoms with E-state index in [4.69, 9.17) is 4.74 Å². The Balaban J connectivity index is 2.29. The van der Waals surface area contributed by atoms with Crippen LogP contribution in [-0.4, -0.2) is 23.3 Å². The normalized spacial score (nSPS) is 10.2. The Hall–Kier alpha value is -1.82. The molecule has 0 saturated heterocycles. The van der Waals surface area contributed by atoms with Crippen LogP contribution in [0.25, 0.3) is 0 Å². The Kier molecular flexibility index (Phi) is 3.99. The zero-order valence-corrected chi connectivity index (χ0v) is 10.8. The second-order valence-electron chi connectivity index (χ2n) is 3.38. The van der Waals surface area contributed by atoms with Crippen LogP contribution in [0.15, 0.2) is 35.6 Å². The van der Waals surface area contributed by atoms with Gasteiger partial charge in [-0.05, 0) is 30.5 Å². The van der Waals surface area contributed by atoms with Crippen LogP contribution in [0.2, 0.25) is 0 Å². The summed E-state index contributed by atoms with van der Waals surface area (Å²) in [7, 11) is 1.76. The van der Waals surface area contributed by atoms with Gasteiger partial charge in [-0.15, -0.1) is 0 Å². The molecule has 4 nitrogen and oxygen atoms in total. The molecule has 0 unspecified atom stereocenters. The molecule has 0 atom stereocenters. The number of hydrogen-bond donors (Lipinski definition) is 1. The first kappa shape index (κ1) is 12.6. The van der Waals surface area contributed by atoms with Gasteiger partial charge < -0.3 is 10.1 Å². The number of benzene rings is 1. The summed E-state index contributed by atoms with van der Waals surface area (Å²) in [6.45, 7) is 0. The first-order valence-electron chi connectivity index (χ1n) is 5.25. The molecule has 1 aromatic heterocycles. The number of thioether (sulfide) groups is 1. The van der Waals surface area contributed by atoms with E-state index in [0.717, 1.165) is 0 Å². The Morgan fingerprint density at radius 3 is 2.61 bits per heavy atom. The summed E-state index contributed by atoms with van der Waals surface area (Å²) in [6.07, 6.45) is 3.54. The van der Waals surface area contributed by atoms with E-state index in [1.807, 2.05) is 6.26 Å². The molecule has 6 heteroatoms. The number of aromatic nitrogens is 2. The van der Waals surface area contributed by atoms with Crippen LogP contribution in [0.3, 0.4) is 0 Å². The van der Waals surface area contributed by atoms with Crippen molar-refractivity contribution in [1.29, 1.82) is 0 Å². The molecule has 18 heavy (non-hydrogen) atoms. The van der Waals surface area contributed by atoms with Gasteiger partial charge in [-0.3, -0.25) is 0 Å². The largest absolute Gasteiger partial charge is 0.437 e. The highest BCUT2D eigenvalue weighted by atomic mass is 32.2. The molecule has 2 aromatic rings. The van der Waals surface area contributed by atoms with Crippen molar-refractivity contribution in [2.24, 2.45) is 0 Å². The predicted octanol–water partition coefficient (Wildman–Crippen LogP) is 3.17. The van der Waals surface area contributed by atoms with Crippen molar-refractivity contribution in [3.05, 3.63) is 36.3 Å². The number of halogens is 1. The van der Waals surface area contributed by atoms with Crippen molar-refractivity contribution in [2.45, 2.75) is 5.16 Å². The Morgan fingerprint density at radius 2 is 2.00 bits per heavy atom. The molecule has 1 aromatic carbocycles. The molecule has 0 aliphatic carbocycles. The van der Waals surface area contributed by atoms with Gasteiger partial charge in [0.25, 0.3) is 0 Å². The van der Waals surface area contributed by atoms with Crippen LogP contribution in [0.1, 0.15) is 0 Å². The maximum atomic E-state index is 12.8. The lowest BCUT2D eigenvalue weighted by molar-refractivity contribution is 0.456. The number of nitrogens with one attached hydrogen (secondary N) is 1. The molecule has 1 heterocycles. The Bertz CT molecular complexity index is 533. The third-order valence-electron chi connectivity index (χ3n) is 2.21. The molecule has 94 valence electrons. The lowest BCUT2D eigenvalue weighted by Crippen LogP contribution is -1.98. The average molecular weight is 265 g/mol. The maximum Gasteiger partial charge on any atom is 0.247 e. The van der Waals surface area contributed by atoms with Crippen molar-refractivity contribution in [1.82, 2.24) is 9.97 Å². The molecule has 0 aliphatic heterocycles. The van der Waals surface area contributed by atoms with Crippen molar-refractivity contribution in [3.8, 4) is 11.6 Å². The molecule has 0 bridgehead atoms. The van der Waals surface area contributed by atoms with Gasteiger partial charge in [0, 0.05) is 7.05 Å². The van der Waals surface area contributed by atoms with Crippen LogP contribution in [0, 0.1) is 5.82 Å². The maximum absolute atomic E-state index is 12.8. The summed E-state index contributed by atoms with van der Waals surface area (Å²) in [4.78, 5) is 8.39. The summed E-state index contributed by atoms with van der Waals surface area (Å²) in [6, 6.07) is 5.78. The quantitative estimate of drug-likeness (QED) is 0.679. The van der Waals surface area contributed by atoms with E-state index in [1.165, 1.54) is 23.9 Å². The minimum absolute atomic E-state index is 0.302. The van der Waals surface area contributed by atoms with Gasteiger partial charge in [0.15, 0.2) is 5.16 Å². The van der Waals surface area contributed by atoms with Gasteiger partial charge >= 0.3 is 0 Å². The topological polar surface area (TPSA) is 47.0 Å². The second kappa shape index (κ2) is 5.68. The fourth-order valence-corrected chi connectivity index (χ4v) is 1.65. The first-order valence-corrected chi connectivity index (χ1v) is 6.47. The molecule has 0 spiro atoms. The van der Waals surface area contributed by atoms with E-state index < -0.39 is 0 Å². The SMILES string of the molecule is CNc1cnc(SC)nc1Oc1ccc(F)cc1. The van der Waals surface area contributed by atoms with Crippen LogP contribution in [0.4, 0.5) is 10.1 Å². The highest BCUT2D eigenvalue weighted by Gasteiger charge is 2.08. The van der Waals surface area contributed by atoms with Crippen LogP contribution in [-0.2, 0) is 0 Å². The van der Waals surface area contributed by atoms with Gasteiger partial charge in [0.05, 0.1) is 6.20 Å². The van der Waals surface area contributed by atoms with Gasteiger partial charge in [-0.2, -0.15) is 4.98 Å². The van der Waals surface area contributed by atoms with Crippen molar-refractivity contribution >= 4 is 17.4 Å². The number of anilines is 1. The first-order chi connectivity index (χ1) is 8.72. The highest BCUT2D eigenvalue weighted by Crippen LogP contribution is 2.28. The molecular weight excluding hydrogens is 253 g/mol. The average Bonchev–Trinajstić information content (AvgIpc) is 2.41. The van der Waals surface area contributed by atoms with Crippen molar-refractivity contribution in [3.63, 3.8) is 0 Å². The number of rotatable bonds is 4. The highest BCUT2D eigenvalue weighted by molar-refractivity contribution is 7.98. The summed E-state index contributed by atoms with van der Waals surface area (Å²) < 4.78 is 18.4. The minimum atomic E-state index is -0.302. The van der Waals surface area contributed by atoms with Crippen LogP contribution >= 0.6 is 11.8 Å². The summed E-state index contributed by atoms with van der Waals surface area (Å²) >= 11 is 1.43. The predicted molar refractivity (Wildman–Crippen MR) is 69.8 cm³/mol. The molecule has 0 aliphatic rings. The number of hydrogen-bond acceptors (Lipinski definition) is 5. The molecule has 0 saturated carbocycles. The van der Waals surface area contributed by atoms with Crippen LogP contribution in [0.5, 0.6) is 11.6 Å². The third-order valence-corrected chi connectivity index (χ3v) is 2.77. The van der Waals surface area contributed by atoms with E-state index in [9.17, 15) is 4.39 Å². The lowest BCUT2D eigenvalue weighted by atomic mass is 10.3. The van der Waals surface area contributed by atoms with Crippen molar-refractivity contribution < 1.29 is 9.13 Å². The van der Waals surface area contributed by atoms with Gasteiger partial charge in [-0.25, -0.2) is 9.37 Å². The van der Waals surface area contributed by atoms with E-state index in [0.29, 0.717) is 22.5 Å². The number of ether oxygens (including phenoxy) is 1. The fraction of sp³-hybridized carbons (Fsp3) is 0.167. The molecule has 1 N–H and O–H groups in total. The van der Waals surface area contributed by atoms with Crippen molar-refractivity contribution in [2.75, 3.05) is 18.6 Å². The summed E-state index contributed by atoms with van der Waals surface area (Å²) in [5, 5.41) is 3.56. The summed E-state index contributed by atoms with van der Waals surface area (Å²) in [5.41, 5.74) is 0.678. The lowest BCUT2D eigenvalue weighted by Gasteiger charge is -2.10. The minimum Gasteiger partial charge on any atom is -0.437 e. The van der Waals surface area contributed by atoms with E-state index >= 15 is 0 Å². The summed E-state index contributed by atoms with van der Waals surface area (Å²) in [5.74, 6) is 0.644. The molecule has 2 rings (SSSR count). The van der Waals surface area contributed by atoms with E-state index in [2.05, 4.69) is 15.3 Å². The zero-order chi connectivity index (χ0) is 13.0. The smallest absolute Gasteiger partial charge is 0.247 e. The second-order valence-corrected chi connectivity index (χ2v) is 4.15. The van der Waals surface area contributed by atoms with Gasteiger partial charge in [0.1, 0.15) is 17.3 Å². The Morgan fingerprint density at radius 1 is 1.28 bits per heavy atom. The number of nitrogens with zero attached hydrogens (tertiary/aromatic N) is 2. The third kappa shape index (κ3) is 2.89. The van der Waals surface area contributed by atoms with Crippen LogP contribution < -0.4 is 10.1 Å². The molecule has 0 fully saturated rings. The fourth-order valence-electron chi connectivity index (χ4n) is 1.31. The van der Waals surface area contributed by atoms with E-state index in [-0.39, 0.29) is 5.82 Å². The van der Waals surface area contributed by atoms with Gasteiger partial charge in [0.2, 0.25) is 5.88 Å². The zero-order valence-electron chi connectivity index (χ0n) is 9.98. The van der Waals surface area contributed by atoms with Gasteiger partial charge in [-0.1, -0.05) is 11.8 Å². The Labute approximate surface area is 109 Å². The standard InChI is InChI=1S/C12H12FN3OS/c1-14-10-7-15-12(18-2)16-11(10)17-9-5-3-8(13)4-6-9/h3-7,14H,1-2H3. The van der Waals surface area contributed by atoms with E-state index in [1.54, 1.807) is 25.4 Å². The molecular formula is C12H12FN3OS. The monoisotopic (exact) mass is 265 g/mol. The molecule has 0 radical (unpaired) electrons.